The monoisotopic (exact) mass is 518 g/mol. The molecule has 188 valence electrons. The van der Waals surface area contributed by atoms with E-state index < -0.39 is 10.8 Å². The van der Waals surface area contributed by atoms with E-state index in [9.17, 15) is 19.7 Å². The van der Waals surface area contributed by atoms with E-state index in [0.29, 0.717) is 17.0 Å². The van der Waals surface area contributed by atoms with Crippen LogP contribution in [0.5, 0.6) is 5.75 Å². The van der Waals surface area contributed by atoms with E-state index in [1.807, 2.05) is 18.2 Å². The quantitative estimate of drug-likeness (QED) is 0.167. The number of rotatable bonds is 7. The number of nitro benzene ring substituents is 1. The molecule has 0 unspecified atom stereocenters. The second kappa shape index (κ2) is 10.9. The molecule has 2 amide bonds. The van der Waals surface area contributed by atoms with E-state index in [2.05, 4.69) is 16.0 Å². The fourth-order valence-corrected chi connectivity index (χ4v) is 3.79. The molecular formula is C26H22N4O6S. The summed E-state index contributed by atoms with van der Waals surface area (Å²) in [4.78, 5) is 35.9. The maximum Gasteiger partial charge on any atom is 0.311 e. The van der Waals surface area contributed by atoms with Crippen molar-refractivity contribution in [3.63, 3.8) is 0 Å². The van der Waals surface area contributed by atoms with Gasteiger partial charge in [-0.3, -0.25) is 25.0 Å². The van der Waals surface area contributed by atoms with E-state index >= 15 is 0 Å². The van der Waals surface area contributed by atoms with Gasteiger partial charge in [0.15, 0.2) is 16.6 Å². The number of nitrogens with one attached hydrogen (secondary N) is 3. The highest BCUT2D eigenvalue weighted by molar-refractivity contribution is 7.80. The van der Waals surface area contributed by atoms with Gasteiger partial charge in [0.25, 0.3) is 11.8 Å². The zero-order valence-electron chi connectivity index (χ0n) is 19.9. The van der Waals surface area contributed by atoms with Crippen LogP contribution in [-0.2, 0) is 0 Å². The van der Waals surface area contributed by atoms with Crippen LogP contribution in [0.15, 0.2) is 71.1 Å². The molecule has 0 aliphatic heterocycles. The van der Waals surface area contributed by atoms with E-state index in [-0.39, 0.29) is 40.4 Å². The van der Waals surface area contributed by atoms with Crippen molar-refractivity contribution in [1.29, 1.82) is 0 Å². The molecule has 0 bridgehead atoms. The van der Waals surface area contributed by atoms with Crippen LogP contribution in [0.25, 0.3) is 11.0 Å². The number of nitro groups is 1. The normalized spacial score (nSPS) is 10.5. The van der Waals surface area contributed by atoms with Gasteiger partial charge in [-0.15, -0.1) is 0 Å². The van der Waals surface area contributed by atoms with Crippen molar-refractivity contribution in [2.45, 2.75) is 13.8 Å². The standard InChI is InChI=1S/C26H22N4O6S/c1-3-35-22-11-8-17(13-20(22)30(33)34)24(31)29-26(37)27-18-9-10-19(15(2)12-18)28-25(32)23-14-16-6-4-5-7-21(16)36-23/h4-14H,3H2,1-2H3,(H,28,32)(H2,27,29,31,37). The number of ether oxygens (including phenoxy) is 1. The summed E-state index contributed by atoms with van der Waals surface area (Å²) in [6, 6.07) is 18.1. The van der Waals surface area contributed by atoms with Crippen molar-refractivity contribution in [2.24, 2.45) is 0 Å². The van der Waals surface area contributed by atoms with Crippen molar-refractivity contribution in [1.82, 2.24) is 5.32 Å². The number of hydrogen-bond donors (Lipinski definition) is 3. The molecule has 4 aromatic rings. The van der Waals surface area contributed by atoms with Crippen LogP contribution in [-0.4, -0.2) is 28.5 Å². The Hall–Kier alpha value is -4.77. The first-order valence-corrected chi connectivity index (χ1v) is 11.6. The Morgan fingerprint density at radius 2 is 1.81 bits per heavy atom. The Labute approximate surface area is 216 Å². The zero-order valence-corrected chi connectivity index (χ0v) is 20.7. The second-order valence-electron chi connectivity index (χ2n) is 7.91. The van der Waals surface area contributed by atoms with Gasteiger partial charge in [0.2, 0.25) is 0 Å². The first kappa shape index (κ1) is 25.3. The summed E-state index contributed by atoms with van der Waals surface area (Å²) in [6.45, 7) is 3.76. The number of furan rings is 1. The number of thiocarbonyl (C=S) groups is 1. The van der Waals surface area contributed by atoms with Crippen LogP contribution in [0.2, 0.25) is 0 Å². The first-order valence-electron chi connectivity index (χ1n) is 11.2. The molecule has 0 radical (unpaired) electrons. The summed E-state index contributed by atoms with van der Waals surface area (Å²) in [5, 5.41) is 20.4. The Morgan fingerprint density at radius 3 is 2.51 bits per heavy atom. The lowest BCUT2D eigenvalue weighted by molar-refractivity contribution is -0.385. The summed E-state index contributed by atoms with van der Waals surface area (Å²) < 4.78 is 10.8. The fourth-order valence-electron chi connectivity index (χ4n) is 3.58. The van der Waals surface area contributed by atoms with E-state index in [1.54, 1.807) is 44.2 Å². The molecule has 0 fully saturated rings. The molecular weight excluding hydrogens is 496 g/mol. The number of aryl methyl sites for hydroxylation is 1. The van der Waals surface area contributed by atoms with Crippen LogP contribution in [0.1, 0.15) is 33.4 Å². The molecule has 37 heavy (non-hydrogen) atoms. The molecule has 10 nitrogen and oxygen atoms in total. The molecule has 0 aliphatic rings. The van der Waals surface area contributed by atoms with Gasteiger partial charge in [-0.2, -0.15) is 0 Å². The molecule has 0 saturated heterocycles. The van der Waals surface area contributed by atoms with Gasteiger partial charge in [0.1, 0.15) is 5.58 Å². The molecule has 3 N–H and O–H groups in total. The van der Waals surface area contributed by atoms with Gasteiger partial charge in [0.05, 0.1) is 11.5 Å². The van der Waals surface area contributed by atoms with E-state index in [1.165, 1.54) is 12.1 Å². The third kappa shape index (κ3) is 5.90. The average molecular weight is 519 g/mol. The Kier molecular flexibility index (Phi) is 7.44. The zero-order chi connectivity index (χ0) is 26.5. The van der Waals surface area contributed by atoms with Crippen molar-refractivity contribution in [3.05, 3.63) is 93.7 Å². The van der Waals surface area contributed by atoms with E-state index in [0.717, 1.165) is 17.0 Å². The predicted octanol–water partition coefficient (Wildman–Crippen LogP) is 5.43. The Morgan fingerprint density at radius 1 is 1.03 bits per heavy atom. The minimum absolute atomic E-state index is 0.000000953. The van der Waals surface area contributed by atoms with Gasteiger partial charge >= 0.3 is 5.69 Å². The highest BCUT2D eigenvalue weighted by atomic mass is 32.1. The van der Waals surface area contributed by atoms with Crippen LogP contribution >= 0.6 is 12.2 Å². The fraction of sp³-hybridized carbons (Fsp3) is 0.115. The van der Waals surface area contributed by atoms with Crippen LogP contribution in [0.4, 0.5) is 17.1 Å². The van der Waals surface area contributed by atoms with Crippen molar-refractivity contribution in [3.8, 4) is 5.75 Å². The number of fused-ring (bicyclic) bond motifs is 1. The smallest absolute Gasteiger partial charge is 0.311 e. The number of carbonyl (C=O) groups excluding carboxylic acids is 2. The van der Waals surface area contributed by atoms with Crippen molar-refractivity contribution < 1.29 is 23.7 Å². The number of para-hydroxylation sites is 1. The lowest BCUT2D eigenvalue weighted by atomic mass is 10.1. The first-order chi connectivity index (χ1) is 17.7. The van der Waals surface area contributed by atoms with Gasteiger partial charge in [-0.05, 0) is 74.1 Å². The van der Waals surface area contributed by atoms with Gasteiger partial charge in [-0.25, -0.2) is 0 Å². The molecule has 1 aromatic heterocycles. The SMILES string of the molecule is CCOc1ccc(C(=O)NC(=S)Nc2ccc(NC(=O)c3cc4ccccc4o3)c(C)c2)cc1[N+](=O)[O-]. The molecule has 4 rings (SSSR count). The minimum atomic E-state index is -0.616. The maximum absolute atomic E-state index is 12.6. The summed E-state index contributed by atoms with van der Waals surface area (Å²) >= 11 is 5.22. The molecule has 0 aliphatic carbocycles. The maximum atomic E-state index is 12.6. The highest BCUT2D eigenvalue weighted by Gasteiger charge is 2.19. The van der Waals surface area contributed by atoms with Crippen molar-refractivity contribution >= 4 is 57.2 Å². The number of hydrogen-bond acceptors (Lipinski definition) is 7. The van der Waals surface area contributed by atoms with Crippen molar-refractivity contribution in [2.75, 3.05) is 17.2 Å². The lowest BCUT2D eigenvalue weighted by Crippen LogP contribution is -2.34. The van der Waals surface area contributed by atoms with Crippen LogP contribution in [0.3, 0.4) is 0 Å². The number of benzene rings is 3. The Bertz CT molecular complexity index is 1500. The average Bonchev–Trinajstić information content (AvgIpc) is 3.30. The summed E-state index contributed by atoms with van der Waals surface area (Å²) in [6.07, 6.45) is 0. The molecule has 11 heteroatoms. The molecule has 0 atom stereocenters. The molecule has 0 saturated carbocycles. The van der Waals surface area contributed by atoms with Gasteiger partial charge < -0.3 is 19.8 Å². The number of nitrogens with zero attached hydrogens (tertiary/aromatic N) is 1. The van der Waals surface area contributed by atoms with Gasteiger partial charge in [0, 0.05) is 28.4 Å². The third-order valence-electron chi connectivity index (χ3n) is 5.33. The summed E-state index contributed by atoms with van der Waals surface area (Å²) in [5.74, 6) is -0.726. The van der Waals surface area contributed by atoms with Gasteiger partial charge in [-0.1, -0.05) is 18.2 Å². The molecule has 1 heterocycles. The summed E-state index contributed by atoms with van der Waals surface area (Å²) in [5.41, 5.74) is 2.25. The summed E-state index contributed by atoms with van der Waals surface area (Å²) in [7, 11) is 0. The molecule has 3 aromatic carbocycles. The van der Waals surface area contributed by atoms with E-state index in [4.69, 9.17) is 21.4 Å². The second-order valence-corrected chi connectivity index (χ2v) is 8.32. The largest absolute Gasteiger partial charge is 0.487 e. The minimum Gasteiger partial charge on any atom is -0.487 e. The Balaban J connectivity index is 1.39. The van der Waals surface area contributed by atoms with Crippen LogP contribution in [0, 0.1) is 17.0 Å². The lowest BCUT2D eigenvalue weighted by Gasteiger charge is -2.13. The predicted molar refractivity (Wildman–Crippen MR) is 143 cm³/mol. The topological polar surface area (TPSA) is 136 Å². The highest BCUT2D eigenvalue weighted by Crippen LogP contribution is 2.28. The number of carbonyl (C=O) groups is 2. The van der Waals surface area contributed by atoms with Crippen LogP contribution < -0.4 is 20.7 Å². The molecule has 0 spiro atoms. The number of anilines is 2. The third-order valence-corrected chi connectivity index (χ3v) is 5.53. The number of amides is 2.